The van der Waals surface area contributed by atoms with Crippen molar-refractivity contribution < 1.29 is 212 Å². The molecule has 0 saturated carbocycles. The Morgan fingerprint density at radius 2 is 0.504 bits per heavy atom. The molecular formula is C82H114O43. The third-order valence-electron chi connectivity index (χ3n) is 21.7. The second-order valence-electron chi connectivity index (χ2n) is 32.3. The Balaban J connectivity index is 0.926. The number of methoxy groups -OCH3 is 4. The first-order chi connectivity index (χ1) is 58.8. The molecule has 4 aliphatic rings. The molecule has 0 aliphatic carbocycles. The average Bonchev–Trinajstić information content (AvgIpc) is 0.814. The van der Waals surface area contributed by atoms with Gasteiger partial charge in [-0.3, -0.25) is 28.8 Å². The number of benzene rings is 4. The smallest absolute Gasteiger partial charge is 0.308 e. The molecule has 4 aliphatic heterocycles. The first-order valence-corrected chi connectivity index (χ1v) is 39.7. The summed E-state index contributed by atoms with van der Waals surface area (Å²) in [7, 11) is 5.19. The summed E-state index contributed by atoms with van der Waals surface area (Å²) in [4.78, 5) is 75.2. The van der Waals surface area contributed by atoms with E-state index in [0.29, 0.717) is 22.3 Å². The van der Waals surface area contributed by atoms with Gasteiger partial charge in [0.25, 0.3) is 0 Å². The molecule has 4 aromatic carbocycles. The minimum atomic E-state index is -2.30. The Morgan fingerprint density at radius 1 is 0.312 bits per heavy atom. The fraction of sp³-hybridized carbons (Fsp3) is 0.634. The van der Waals surface area contributed by atoms with Gasteiger partial charge in [0.1, 0.15) is 124 Å². The standard InChI is InChI=1S/C82H114O43/c1-80(107,24-58(87)88)26-60(91)114-34-54-64(95)68(99)72(103)76(122-54)118-30-42(16-38-8-12-46(83)50(20-38)110-4)44(18-40-10-14-48(85)52(22-40)112-6)32-120-78-74(105)70(101)66(97)56(124-78)36-116-62(93)28-82(3,109)29-63(94)117-37-57-67(98)71(102)75(106)79(125-57)121-33-45(19-41-11-15-49(86)53(23-41)113-7)43(17-39-9-13-47(84)51(21-39)111-5)31-119-77-73(104)69(100)65(96)55(123-77)35-115-61(92)27-81(2,108)25-59(89)90/h8-15,20-23,42-45,54-57,64-79,83-86,95-109H,16-19,24-37H2,1-7H3,(H,87,88)(H,89,90)/t42-,43-,44-,45-,54-,55+,56-,57+,64-,65+,66-,67+,68+,69-,70+,71-,72-,73+,74-,75+,76-,77+,78-,79+,80-,81-,82?/m1/s1. The van der Waals surface area contributed by atoms with Crippen LogP contribution >= 0.6 is 0 Å². The number of hydrogen-bond donors (Lipinski definition) is 21. The van der Waals surface area contributed by atoms with Crippen LogP contribution in [-0.4, -0.2) is 364 Å². The molecule has 0 radical (unpaired) electrons. The third kappa shape index (κ3) is 29.1. The van der Waals surface area contributed by atoms with Crippen LogP contribution in [0.5, 0.6) is 46.0 Å². The Morgan fingerprint density at radius 3 is 0.688 bits per heavy atom. The number of ether oxygens (including phenoxy) is 16. The first-order valence-electron chi connectivity index (χ1n) is 39.7. The van der Waals surface area contributed by atoms with Gasteiger partial charge in [0.15, 0.2) is 71.2 Å². The summed E-state index contributed by atoms with van der Waals surface area (Å²) in [5.74, 6) is -11.8. The fourth-order valence-electron chi connectivity index (χ4n) is 14.7. The quantitative estimate of drug-likeness (QED) is 0.0151. The second-order valence-corrected chi connectivity index (χ2v) is 32.3. The maximum atomic E-state index is 13.6. The van der Waals surface area contributed by atoms with E-state index in [1.807, 2.05) is 0 Å². The molecule has 4 aromatic rings. The highest BCUT2D eigenvalue weighted by atomic mass is 16.7. The van der Waals surface area contributed by atoms with Crippen LogP contribution in [0.1, 0.15) is 81.5 Å². The molecule has 43 heteroatoms. The Bertz CT molecular complexity index is 3900. The van der Waals surface area contributed by atoms with Crippen LogP contribution in [0.2, 0.25) is 0 Å². The number of carbonyl (C=O) groups is 6. The number of aromatic hydroxyl groups is 4. The van der Waals surface area contributed by atoms with E-state index in [1.54, 1.807) is 0 Å². The molecule has 21 N–H and O–H groups in total. The van der Waals surface area contributed by atoms with Crippen LogP contribution in [0.4, 0.5) is 0 Å². The molecule has 4 fully saturated rings. The number of carbonyl (C=O) groups excluding carboxylic acids is 4. The maximum Gasteiger partial charge on any atom is 0.308 e. The molecule has 0 amide bonds. The number of aliphatic carboxylic acids is 2. The lowest BCUT2D eigenvalue weighted by molar-refractivity contribution is -0.309. The van der Waals surface area contributed by atoms with Crippen molar-refractivity contribution in [1.29, 1.82) is 0 Å². The molecule has 1 unspecified atom stereocenters. The lowest BCUT2D eigenvalue weighted by atomic mass is 9.83. The molecular weight excluding hydrogens is 1670 g/mol. The van der Waals surface area contributed by atoms with Crippen molar-refractivity contribution in [3.63, 3.8) is 0 Å². The van der Waals surface area contributed by atoms with Crippen molar-refractivity contribution in [1.82, 2.24) is 0 Å². The highest BCUT2D eigenvalue weighted by molar-refractivity contribution is 5.76. The van der Waals surface area contributed by atoms with Crippen LogP contribution in [0.3, 0.4) is 0 Å². The number of aliphatic hydroxyl groups excluding tert-OH is 12. The van der Waals surface area contributed by atoms with Crippen LogP contribution in [0.25, 0.3) is 0 Å². The number of aliphatic hydroxyl groups is 15. The van der Waals surface area contributed by atoms with Crippen LogP contribution in [0, 0.1) is 23.7 Å². The summed E-state index contributed by atoms with van der Waals surface area (Å²) in [5.41, 5.74) is -4.44. The zero-order valence-electron chi connectivity index (χ0n) is 69.4. The zero-order chi connectivity index (χ0) is 92.3. The number of rotatable bonds is 46. The van der Waals surface area contributed by atoms with E-state index in [2.05, 4.69) is 0 Å². The van der Waals surface area contributed by atoms with Crippen LogP contribution in [0.15, 0.2) is 72.8 Å². The highest BCUT2D eigenvalue weighted by Crippen LogP contribution is 2.39. The lowest BCUT2D eigenvalue weighted by Crippen LogP contribution is -2.60. The number of phenols is 4. The van der Waals surface area contributed by atoms with Gasteiger partial charge in [0.2, 0.25) is 0 Å². The summed E-state index contributed by atoms with van der Waals surface area (Å²) in [5, 5.41) is 227. The zero-order valence-corrected chi connectivity index (χ0v) is 69.4. The number of carboxylic acids is 2. The normalized spacial score (nSPS) is 28.8. The van der Waals surface area contributed by atoms with E-state index in [1.165, 1.54) is 101 Å². The van der Waals surface area contributed by atoms with Gasteiger partial charge in [-0.15, -0.1) is 0 Å². The second kappa shape index (κ2) is 45.7. The SMILES string of the molecule is COc1cc(C[C@H](CO[C@H]2O[C@@H](COC(=O)CC(C)(O)CC(=O)OC[C@H]3O[C@@H](OC[C@@H](Cc4ccc(O)c(OC)c4)[C@@H](CO[C@@H]4O[C@H](COC(=O)C[C@](C)(O)CC(=O)O)[C@@H](O)[C@H](O)[C@H]4O)Cc4ccc(O)c(OC)c4)[C@H](O)[C@@H](O)[C@@H]3O)[C@H](O)[C@@H](O)[C@@H]2O)[C@@H](CO[C@H]2O[C@@H](COC(=O)C[C@](C)(O)CC(=O)O)[C@H](O)[C@@H](O)[C@@H]2O)Cc2ccc(O)c(OC)c2)ccc1O. The fourth-order valence-corrected chi connectivity index (χ4v) is 14.7. The number of esters is 4. The minimum Gasteiger partial charge on any atom is -0.504 e. The summed E-state index contributed by atoms with van der Waals surface area (Å²) in [6, 6.07) is 17.5. The van der Waals surface area contributed by atoms with E-state index in [-0.39, 0.29) is 71.7 Å². The summed E-state index contributed by atoms with van der Waals surface area (Å²) in [6.45, 7) is -2.00. The predicted octanol–water partition coefficient (Wildman–Crippen LogP) is -3.49. The molecule has 8 rings (SSSR count). The Kier molecular flexibility index (Phi) is 37.2. The molecule has 125 heavy (non-hydrogen) atoms. The van der Waals surface area contributed by atoms with E-state index in [4.69, 9.17) is 86.0 Å². The van der Waals surface area contributed by atoms with Gasteiger partial charge in [0.05, 0.1) is 110 Å². The van der Waals surface area contributed by atoms with Crippen molar-refractivity contribution in [2.24, 2.45) is 23.7 Å². The molecule has 0 bridgehead atoms. The van der Waals surface area contributed by atoms with Crippen LogP contribution < -0.4 is 18.9 Å². The molecule has 700 valence electrons. The number of carboxylic acid groups (broad SMARTS) is 2. The van der Waals surface area contributed by atoms with Crippen molar-refractivity contribution in [3.05, 3.63) is 95.1 Å². The van der Waals surface area contributed by atoms with Gasteiger partial charge >= 0.3 is 35.8 Å². The largest absolute Gasteiger partial charge is 0.504 e. The van der Waals surface area contributed by atoms with Gasteiger partial charge in [-0.2, -0.15) is 0 Å². The molecule has 43 nitrogen and oxygen atoms in total. The van der Waals surface area contributed by atoms with Gasteiger partial charge in [-0.25, -0.2) is 0 Å². The van der Waals surface area contributed by atoms with Gasteiger partial charge < -0.3 is 183 Å². The van der Waals surface area contributed by atoms with Gasteiger partial charge in [0, 0.05) is 0 Å². The molecule has 4 saturated heterocycles. The molecule has 0 aromatic heterocycles. The topological polar surface area (TPSA) is 675 Å². The van der Waals surface area contributed by atoms with Gasteiger partial charge in [-0.1, -0.05) is 24.3 Å². The third-order valence-corrected chi connectivity index (χ3v) is 21.7. The Labute approximate surface area is 715 Å². The van der Waals surface area contributed by atoms with Crippen molar-refractivity contribution in [3.8, 4) is 46.0 Å². The minimum absolute atomic E-state index is 0.0141. The predicted molar refractivity (Wildman–Crippen MR) is 417 cm³/mol. The summed E-state index contributed by atoms with van der Waals surface area (Å²) in [6.07, 6.45) is -43.0. The van der Waals surface area contributed by atoms with E-state index in [9.17, 15) is 126 Å². The Hall–Kier alpha value is -8.82. The number of phenolic OH excluding ortho intramolecular Hbond substituents is 4. The van der Waals surface area contributed by atoms with E-state index in [0.717, 1.165) is 20.8 Å². The first kappa shape index (κ1) is 102. The molecule has 0 spiro atoms. The van der Waals surface area contributed by atoms with Crippen molar-refractivity contribution in [2.75, 3.05) is 81.3 Å². The van der Waals surface area contributed by atoms with Crippen LogP contribution in [-0.2, 0) is 111 Å². The van der Waals surface area contributed by atoms with E-state index >= 15 is 0 Å². The summed E-state index contributed by atoms with van der Waals surface area (Å²) < 4.78 is 91.0. The number of hydrogen-bond acceptors (Lipinski definition) is 41. The monoisotopic (exact) mass is 1790 g/mol. The molecule has 4 heterocycles. The van der Waals surface area contributed by atoms with Crippen molar-refractivity contribution in [2.45, 2.75) is 225 Å². The average molecular weight is 1790 g/mol. The van der Waals surface area contributed by atoms with Gasteiger partial charge in [-0.05, 0) is 141 Å². The highest BCUT2D eigenvalue weighted by Gasteiger charge is 2.51. The summed E-state index contributed by atoms with van der Waals surface area (Å²) >= 11 is 0. The lowest BCUT2D eigenvalue weighted by Gasteiger charge is -2.41. The maximum absolute atomic E-state index is 13.6. The van der Waals surface area contributed by atoms with E-state index < -0.39 is 290 Å². The molecule has 27 atom stereocenters. The van der Waals surface area contributed by atoms with Crippen molar-refractivity contribution >= 4 is 35.8 Å².